The number of aliphatic hydroxyl groups excluding tert-OH is 2. The van der Waals surface area contributed by atoms with Crippen molar-refractivity contribution in [3.63, 3.8) is 0 Å². The van der Waals surface area contributed by atoms with Gasteiger partial charge in [-0.3, -0.25) is 9.59 Å². The van der Waals surface area contributed by atoms with Crippen LogP contribution in [-0.4, -0.2) is 47.4 Å². The van der Waals surface area contributed by atoms with Crippen LogP contribution in [0.5, 0.6) is 0 Å². The molecule has 0 radical (unpaired) electrons. The van der Waals surface area contributed by atoms with E-state index in [1.54, 1.807) is 0 Å². The predicted octanol–water partition coefficient (Wildman–Crippen LogP) is 18.6. The van der Waals surface area contributed by atoms with Crippen molar-refractivity contribution >= 4 is 11.9 Å². The van der Waals surface area contributed by atoms with Gasteiger partial charge in [0.05, 0.1) is 25.4 Å². The van der Waals surface area contributed by atoms with Crippen molar-refractivity contribution in [1.82, 2.24) is 5.32 Å². The zero-order valence-electron chi connectivity index (χ0n) is 45.1. The Hall–Kier alpha value is -1.66. The fourth-order valence-electron chi connectivity index (χ4n) is 9.36. The van der Waals surface area contributed by atoms with E-state index in [9.17, 15) is 19.8 Å². The number of amides is 1. The largest absolute Gasteiger partial charge is 0.466 e. The fourth-order valence-corrected chi connectivity index (χ4v) is 9.36. The minimum atomic E-state index is -0.663. The van der Waals surface area contributed by atoms with Crippen molar-refractivity contribution < 1.29 is 24.5 Å². The molecular weight excluding hydrogens is 827 g/mol. The van der Waals surface area contributed by atoms with Gasteiger partial charge in [-0.05, 0) is 51.4 Å². The van der Waals surface area contributed by atoms with E-state index < -0.39 is 12.1 Å². The lowest BCUT2D eigenvalue weighted by atomic mass is 10.0. The third-order valence-corrected chi connectivity index (χ3v) is 14.0. The highest BCUT2D eigenvalue weighted by Crippen LogP contribution is 2.18. The van der Waals surface area contributed by atoms with Crippen LogP contribution in [0.4, 0.5) is 0 Å². The third kappa shape index (κ3) is 53.5. The Bertz CT molecular complexity index is 1040. The quantitative estimate of drug-likeness (QED) is 0.0321. The number of rotatable bonds is 56. The molecule has 6 nitrogen and oxygen atoms in total. The van der Waals surface area contributed by atoms with Crippen molar-refractivity contribution in [2.75, 3.05) is 13.2 Å². The molecule has 0 rings (SSSR count). The first-order valence-corrected chi connectivity index (χ1v) is 30.1. The average Bonchev–Trinajstić information content (AvgIpc) is 3.33. The maximum Gasteiger partial charge on any atom is 0.305 e. The average molecular weight is 945 g/mol. The Morgan fingerprint density at radius 1 is 0.418 bits per heavy atom. The van der Waals surface area contributed by atoms with Gasteiger partial charge in [-0.25, -0.2) is 0 Å². The normalized spacial score (nSPS) is 12.7. The fraction of sp³-hybridized carbons (Fsp3) is 0.902. The van der Waals surface area contributed by atoms with Gasteiger partial charge in [0, 0.05) is 12.8 Å². The van der Waals surface area contributed by atoms with Gasteiger partial charge in [0.15, 0.2) is 0 Å². The summed E-state index contributed by atoms with van der Waals surface area (Å²) in [6.07, 6.45) is 68.9. The number of allylic oxidation sites excluding steroid dienone is 4. The summed E-state index contributed by atoms with van der Waals surface area (Å²) in [5.74, 6) is -0.0337. The highest BCUT2D eigenvalue weighted by Gasteiger charge is 2.20. The van der Waals surface area contributed by atoms with E-state index in [2.05, 4.69) is 43.5 Å². The Labute approximate surface area is 418 Å². The summed E-state index contributed by atoms with van der Waals surface area (Å²) in [5, 5.41) is 23.2. The third-order valence-electron chi connectivity index (χ3n) is 14.0. The zero-order chi connectivity index (χ0) is 48.6. The Balaban J connectivity index is 3.36. The summed E-state index contributed by atoms with van der Waals surface area (Å²) in [4.78, 5) is 24.5. The number of hydrogen-bond acceptors (Lipinski definition) is 5. The number of carbonyl (C=O) groups is 2. The summed E-state index contributed by atoms with van der Waals surface area (Å²) < 4.78 is 5.47. The molecule has 0 saturated heterocycles. The molecule has 2 unspecified atom stereocenters. The van der Waals surface area contributed by atoms with E-state index in [-0.39, 0.29) is 18.5 Å². The number of nitrogens with one attached hydrogen (secondary N) is 1. The molecule has 0 aromatic carbocycles. The van der Waals surface area contributed by atoms with Crippen LogP contribution >= 0.6 is 0 Å². The molecule has 0 bridgehead atoms. The first-order valence-electron chi connectivity index (χ1n) is 30.1. The second-order valence-electron chi connectivity index (χ2n) is 20.7. The molecule has 0 heterocycles. The van der Waals surface area contributed by atoms with E-state index in [1.807, 2.05) is 0 Å². The molecular formula is C61H117NO5. The summed E-state index contributed by atoms with van der Waals surface area (Å²) in [7, 11) is 0. The van der Waals surface area contributed by atoms with Gasteiger partial charge in [-0.1, -0.05) is 289 Å². The summed E-state index contributed by atoms with van der Waals surface area (Å²) >= 11 is 0. The number of carbonyl (C=O) groups excluding carboxylic acids is 2. The van der Waals surface area contributed by atoms with Crippen molar-refractivity contribution in [2.45, 2.75) is 341 Å². The zero-order valence-corrected chi connectivity index (χ0v) is 45.1. The van der Waals surface area contributed by atoms with Gasteiger partial charge in [-0.2, -0.15) is 0 Å². The first-order chi connectivity index (χ1) is 33.0. The van der Waals surface area contributed by atoms with Crippen LogP contribution in [0.25, 0.3) is 0 Å². The van der Waals surface area contributed by atoms with Crippen molar-refractivity contribution in [1.29, 1.82) is 0 Å². The monoisotopic (exact) mass is 944 g/mol. The van der Waals surface area contributed by atoms with Crippen LogP contribution in [0, 0.1) is 0 Å². The highest BCUT2D eigenvalue weighted by molar-refractivity contribution is 5.76. The molecule has 0 saturated carbocycles. The molecule has 1 amide bonds. The van der Waals surface area contributed by atoms with Crippen LogP contribution < -0.4 is 5.32 Å². The van der Waals surface area contributed by atoms with E-state index in [4.69, 9.17) is 4.74 Å². The van der Waals surface area contributed by atoms with Crippen LogP contribution in [0.2, 0.25) is 0 Å². The number of esters is 1. The Morgan fingerprint density at radius 3 is 1.18 bits per heavy atom. The summed E-state index contributed by atoms with van der Waals surface area (Å²) in [6, 6.07) is -0.540. The molecule has 3 N–H and O–H groups in total. The molecule has 0 spiro atoms. The molecule has 0 aliphatic heterocycles. The van der Waals surface area contributed by atoms with E-state index >= 15 is 0 Å². The lowest BCUT2D eigenvalue weighted by Gasteiger charge is -2.22. The minimum absolute atomic E-state index is 0.0000388. The maximum atomic E-state index is 12.5. The van der Waals surface area contributed by atoms with Crippen LogP contribution in [0.3, 0.4) is 0 Å². The number of hydrogen-bond donors (Lipinski definition) is 3. The van der Waals surface area contributed by atoms with Crippen molar-refractivity contribution in [3.05, 3.63) is 24.3 Å². The number of aliphatic hydroxyl groups is 2. The number of unbranched alkanes of at least 4 members (excludes halogenated alkanes) is 41. The lowest BCUT2D eigenvalue weighted by Crippen LogP contribution is -2.45. The minimum Gasteiger partial charge on any atom is -0.466 e. The second kappa shape index (κ2) is 56.9. The second-order valence-corrected chi connectivity index (χ2v) is 20.7. The van der Waals surface area contributed by atoms with Gasteiger partial charge in [-0.15, -0.1) is 0 Å². The smallest absolute Gasteiger partial charge is 0.305 e. The van der Waals surface area contributed by atoms with E-state index in [0.29, 0.717) is 25.9 Å². The standard InChI is InChI=1S/C61H117NO5/c1-3-5-7-9-11-13-15-17-31-35-39-43-47-51-55-61(66)67-56-52-48-44-40-36-32-28-26-24-22-20-18-19-21-23-25-27-30-34-38-42-46-50-54-60(65)62-58(57-63)59(64)53-49-45-41-37-33-29-16-14-12-10-8-6-4-2/h9,11,15,17,58-59,63-64H,3-8,10,12-14,16,18-57H2,1-2H3,(H,62,65)/b11-9-,17-15-. The molecule has 0 aromatic heterocycles. The first kappa shape index (κ1) is 65.3. The predicted molar refractivity (Wildman–Crippen MR) is 292 cm³/mol. The molecule has 2 atom stereocenters. The summed E-state index contributed by atoms with van der Waals surface area (Å²) in [5.41, 5.74) is 0. The molecule has 67 heavy (non-hydrogen) atoms. The highest BCUT2D eigenvalue weighted by atomic mass is 16.5. The van der Waals surface area contributed by atoms with Gasteiger partial charge < -0.3 is 20.3 Å². The van der Waals surface area contributed by atoms with Crippen LogP contribution in [0.15, 0.2) is 24.3 Å². The number of ether oxygens (including phenoxy) is 1. The molecule has 0 aliphatic carbocycles. The van der Waals surface area contributed by atoms with Gasteiger partial charge in [0.1, 0.15) is 0 Å². The summed E-state index contributed by atoms with van der Waals surface area (Å²) in [6.45, 7) is 4.92. The lowest BCUT2D eigenvalue weighted by molar-refractivity contribution is -0.143. The van der Waals surface area contributed by atoms with Crippen molar-refractivity contribution in [3.8, 4) is 0 Å². The molecule has 0 aliphatic rings. The topological polar surface area (TPSA) is 95.9 Å². The molecule has 0 fully saturated rings. The Kier molecular flexibility index (Phi) is 55.5. The SMILES string of the molecule is CCCC/C=C\C/C=C\CCCCCCCC(=O)OCCCCCCCCCCCCCCCCCCCCCCCCCC(=O)NC(CO)C(O)CCCCCCCCCCCCCCC. The molecule has 0 aromatic rings. The molecule has 396 valence electrons. The Morgan fingerprint density at radius 2 is 0.761 bits per heavy atom. The van der Waals surface area contributed by atoms with Gasteiger partial charge in [0.2, 0.25) is 5.91 Å². The maximum absolute atomic E-state index is 12.5. The van der Waals surface area contributed by atoms with E-state index in [1.165, 1.54) is 244 Å². The van der Waals surface area contributed by atoms with Gasteiger partial charge in [0.25, 0.3) is 0 Å². The van der Waals surface area contributed by atoms with E-state index in [0.717, 1.165) is 51.4 Å². The molecule has 6 heteroatoms. The van der Waals surface area contributed by atoms with Crippen LogP contribution in [-0.2, 0) is 14.3 Å². The van der Waals surface area contributed by atoms with Gasteiger partial charge >= 0.3 is 5.97 Å². The van der Waals surface area contributed by atoms with Crippen LogP contribution in [0.1, 0.15) is 328 Å². The van der Waals surface area contributed by atoms with Crippen molar-refractivity contribution in [2.24, 2.45) is 0 Å².